The van der Waals surface area contributed by atoms with Gasteiger partial charge in [0.15, 0.2) is 6.29 Å². The van der Waals surface area contributed by atoms with Crippen LogP contribution < -0.4 is 5.32 Å². The predicted octanol–water partition coefficient (Wildman–Crippen LogP) is 3.59. The van der Waals surface area contributed by atoms with E-state index in [-0.39, 0.29) is 6.29 Å². The molecule has 0 aliphatic heterocycles. The average molecular weight is 337 g/mol. The van der Waals surface area contributed by atoms with Crippen LogP contribution >= 0.6 is 27.5 Å². The summed E-state index contributed by atoms with van der Waals surface area (Å²) in [5.74, 6) is 0. The maximum Gasteiger partial charge on any atom is 0.169 e. The zero-order chi connectivity index (χ0) is 13.4. The van der Waals surface area contributed by atoms with E-state index in [2.05, 4.69) is 21.2 Å². The summed E-state index contributed by atoms with van der Waals surface area (Å²) in [5, 5.41) is 4.03. The van der Waals surface area contributed by atoms with Gasteiger partial charge in [-0.3, -0.25) is 0 Å². The fourth-order valence-electron chi connectivity index (χ4n) is 1.52. The van der Waals surface area contributed by atoms with Crippen molar-refractivity contribution in [2.75, 3.05) is 19.8 Å². The van der Waals surface area contributed by atoms with Crippen LogP contribution in [0, 0.1) is 0 Å². The van der Waals surface area contributed by atoms with Crippen molar-refractivity contribution in [3.8, 4) is 0 Å². The van der Waals surface area contributed by atoms with Gasteiger partial charge in [0.1, 0.15) is 0 Å². The summed E-state index contributed by atoms with van der Waals surface area (Å²) in [5.41, 5.74) is 1.16. The molecule has 0 aromatic heterocycles. The topological polar surface area (TPSA) is 30.5 Å². The molecule has 0 fully saturated rings. The van der Waals surface area contributed by atoms with E-state index < -0.39 is 0 Å². The van der Waals surface area contributed by atoms with Gasteiger partial charge in [0.2, 0.25) is 0 Å². The molecule has 5 heteroatoms. The molecular weight excluding hydrogens is 318 g/mol. The molecule has 1 rings (SSSR count). The van der Waals surface area contributed by atoms with Crippen LogP contribution in [-0.4, -0.2) is 26.0 Å². The van der Waals surface area contributed by atoms with Crippen LogP contribution in [0.1, 0.15) is 19.4 Å². The molecule has 3 nitrogen and oxygen atoms in total. The molecular formula is C13H19BrClNO2. The van der Waals surface area contributed by atoms with Gasteiger partial charge in [-0.2, -0.15) is 0 Å². The first-order valence-corrected chi connectivity index (χ1v) is 7.22. The Labute approximate surface area is 122 Å². The van der Waals surface area contributed by atoms with Crippen molar-refractivity contribution in [3.05, 3.63) is 33.3 Å². The Kier molecular flexibility index (Phi) is 7.86. The summed E-state index contributed by atoms with van der Waals surface area (Å²) < 4.78 is 11.8. The Balaban J connectivity index is 2.37. The monoisotopic (exact) mass is 335 g/mol. The van der Waals surface area contributed by atoms with E-state index >= 15 is 0 Å². The first-order chi connectivity index (χ1) is 8.67. The maximum absolute atomic E-state index is 5.94. The zero-order valence-electron chi connectivity index (χ0n) is 10.7. The van der Waals surface area contributed by atoms with E-state index in [1.807, 2.05) is 32.0 Å². The summed E-state index contributed by atoms with van der Waals surface area (Å²) in [6.45, 7) is 6.65. The quantitative estimate of drug-likeness (QED) is 0.736. The van der Waals surface area contributed by atoms with Crippen molar-refractivity contribution in [2.45, 2.75) is 26.7 Å². The van der Waals surface area contributed by atoms with Crippen molar-refractivity contribution >= 4 is 27.5 Å². The first kappa shape index (κ1) is 15.9. The fourth-order valence-corrected chi connectivity index (χ4v) is 2.07. The largest absolute Gasteiger partial charge is 0.352 e. The molecule has 1 aromatic carbocycles. The van der Waals surface area contributed by atoms with E-state index in [0.717, 1.165) is 21.6 Å². The van der Waals surface area contributed by atoms with Crippen molar-refractivity contribution in [2.24, 2.45) is 0 Å². The standard InChI is InChI=1S/C13H19BrClNO2/c1-3-17-13(18-4-2)9-16-8-10-5-6-12(15)11(14)7-10/h5-7,13,16H,3-4,8-9H2,1-2H3. The normalized spacial score (nSPS) is 11.2. The lowest BCUT2D eigenvalue weighted by atomic mass is 10.2. The van der Waals surface area contributed by atoms with E-state index in [4.69, 9.17) is 21.1 Å². The van der Waals surface area contributed by atoms with Crippen LogP contribution in [0.25, 0.3) is 0 Å². The van der Waals surface area contributed by atoms with Crippen LogP contribution in [0.5, 0.6) is 0 Å². The van der Waals surface area contributed by atoms with Gasteiger partial charge in [-0.15, -0.1) is 0 Å². The second-order valence-electron chi connectivity index (χ2n) is 3.72. The molecule has 0 aliphatic carbocycles. The Hall–Kier alpha value is -0.130. The summed E-state index contributed by atoms with van der Waals surface area (Å²) in [6.07, 6.45) is -0.184. The van der Waals surface area contributed by atoms with Crippen LogP contribution in [0.15, 0.2) is 22.7 Å². The van der Waals surface area contributed by atoms with Gasteiger partial charge < -0.3 is 14.8 Å². The van der Waals surface area contributed by atoms with Crippen molar-refractivity contribution in [1.29, 1.82) is 0 Å². The molecule has 0 aliphatic rings. The summed E-state index contributed by atoms with van der Waals surface area (Å²) in [4.78, 5) is 0. The van der Waals surface area contributed by atoms with Crippen LogP contribution in [0.2, 0.25) is 5.02 Å². The van der Waals surface area contributed by atoms with Gasteiger partial charge in [-0.25, -0.2) is 0 Å². The Morgan fingerprint density at radius 1 is 1.28 bits per heavy atom. The van der Waals surface area contributed by atoms with Gasteiger partial charge >= 0.3 is 0 Å². The lowest BCUT2D eigenvalue weighted by Gasteiger charge is -2.17. The van der Waals surface area contributed by atoms with Crippen molar-refractivity contribution in [3.63, 3.8) is 0 Å². The van der Waals surface area contributed by atoms with E-state index in [9.17, 15) is 0 Å². The molecule has 0 unspecified atom stereocenters. The average Bonchev–Trinajstić information content (AvgIpc) is 2.34. The van der Waals surface area contributed by atoms with Crippen LogP contribution in [0.4, 0.5) is 0 Å². The third-order valence-corrected chi connectivity index (χ3v) is 3.54. The van der Waals surface area contributed by atoms with E-state index in [1.54, 1.807) is 0 Å². The highest BCUT2D eigenvalue weighted by Gasteiger charge is 2.07. The van der Waals surface area contributed by atoms with Crippen LogP contribution in [-0.2, 0) is 16.0 Å². The molecule has 0 bridgehead atoms. The van der Waals surface area contributed by atoms with E-state index in [0.29, 0.717) is 19.8 Å². The predicted molar refractivity (Wildman–Crippen MR) is 77.9 cm³/mol. The lowest BCUT2D eigenvalue weighted by Crippen LogP contribution is -2.31. The highest BCUT2D eigenvalue weighted by atomic mass is 79.9. The Bertz CT molecular complexity index is 357. The third kappa shape index (κ3) is 5.67. The van der Waals surface area contributed by atoms with E-state index in [1.165, 1.54) is 0 Å². The minimum atomic E-state index is -0.184. The second kappa shape index (κ2) is 8.88. The maximum atomic E-state index is 5.94. The Morgan fingerprint density at radius 2 is 1.94 bits per heavy atom. The molecule has 18 heavy (non-hydrogen) atoms. The molecule has 0 radical (unpaired) electrons. The SMILES string of the molecule is CCOC(CNCc1ccc(Cl)c(Br)c1)OCC. The molecule has 1 N–H and O–H groups in total. The minimum absolute atomic E-state index is 0.184. The smallest absolute Gasteiger partial charge is 0.169 e. The fraction of sp³-hybridized carbons (Fsp3) is 0.538. The number of ether oxygens (including phenoxy) is 2. The van der Waals surface area contributed by atoms with Crippen molar-refractivity contribution in [1.82, 2.24) is 5.32 Å². The first-order valence-electron chi connectivity index (χ1n) is 6.05. The summed E-state index contributed by atoms with van der Waals surface area (Å²) >= 11 is 9.35. The second-order valence-corrected chi connectivity index (χ2v) is 4.98. The number of benzene rings is 1. The Morgan fingerprint density at radius 3 is 2.50 bits per heavy atom. The molecule has 0 amide bonds. The van der Waals surface area contributed by atoms with Gasteiger partial charge in [-0.1, -0.05) is 17.7 Å². The van der Waals surface area contributed by atoms with Crippen molar-refractivity contribution < 1.29 is 9.47 Å². The molecule has 0 spiro atoms. The number of halogens is 2. The van der Waals surface area contributed by atoms with Gasteiger partial charge in [0, 0.05) is 30.8 Å². The number of hydrogen-bond donors (Lipinski definition) is 1. The number of rotatable bonds is 8. The lowest BCUT2D eigenvalue weighted by molar-refractivity contribution is -0.133. The summed E-state index contributed by atoms with van der Waals surface area (Å²) in [6, 6.07) is 5.88. The molecule has 1 aromatic rings. The highest BCUT2D eigenvalue weighted by Crippen LogP contribution is 2.23. The molecule has 0 saturated carbocycles. The highest BCUT2D eigenvalue weighted by molar-refractivity contribution is 9.10. The van der Waals surface area contributed by atoms with Gasteiger partial charge in [-0.05, 0) is 47.5 Å². The third-order valence-electron chi connectivity index (χ3n) is 2.33. The zero-order valence-corrected chi connectivity index (χ0v) is 13.1. The number of nitrogens with one attached hydrogen (secondary N) is 1. The molecule has 0 atom stereocenters. The molecule has 0 heterocycles. The summed E-state index contributed by atoms with van der Waals surface area (Å²) in [7, 11) is 0. The minimum Gasteiger partial charge on any atom is -0.352 e. The number of hydrogen-bond acceptors (Lipinski definition) is 3. The van der Waals surface area contributed by atoms with Gasteiger partial charge in [0.05, 0.1) is 5.02 Å². The molecule has 102 valence electrons. The van der Waals surface area contributed by atoms with Crippen LogP contribution in [0.3, 0.4) is 0 Å². The molecule has 0 saturated heterocycles. The van der Waals surface area contributed by atoms with Gasteiger partial charge in [0.25, 0.3) is 0 Å².